The summed E-state index contributed by atoms with van der Waals surface area (Å²) in [4.78, 5) is 20.2. The van der Waals surface area contributed by atoms with Crippen LogP contribution >= 0.6 is 0 Å². The minimum Gasteiger partial charge on any atom is -0.383 e. The van der Waals surface area contributed by atoms with Gasteiger partial charge in [-0.15, -0.1) is 0 Å². The topological polar surface area (TPSA) is 48.1 Å². The highest BCUT2D eigenvalue weighted by Gasteiger charge is 2.34. The van der Waals surface area contributed by atoms with Gasteiger partial charge in [0.1, 0.15) is 0 Å². The predicted molar refractivity (Wildman–Crippen MR) is 109 cm³/mol. The van der Waals surface area contributed by atoms with Crippen LogP contribution in [0.25, 0.3) is 0 Å². The van der Waals surface area contributed by atoms with Gasteiger partial charge in [0.2, 0.25) is 5.91 Å². The lowest BCUT2D eigenvalue weighted by Crippen LogP contribution is -2.52. The van der Waals surface area contributed by atoms with E-state index in [1.807, 2.05) is 0 Å². The van der Waals surface area contributed by atoms with Gasteiger partial charge in [0.05, 0.1) is 12.5 Å². The fourth-order valence-electron chi connectivity index (χ4n) is 5.21. The van der Waals surface area contributed by atoms with Gasteiger partial charge in [-0.1, -0.05) is 6.42 Å². The zero-order valence-corrected chi connectivity index (χ0v) is 17.5. The van der Waals surface area contributed by atoms with Crippen LogP contribution in [0.2, 0.25) is 0 Å². The highest BCUT2D eigenvalue weighted by atomic mass is 16.5. The molecule has 3 fully saturated rings. The summed E-state index contributed by atoms with van der Waals surface area (Å²) in [6.45, 7) is 8.41. The van der Waals surface area contributed by atoms with Crippen LogP contribution in [0.15, 0.2) is 0 Å². The summed E-state index contributed by atoms with van der Waals surface area (Å²) < 4.78 is 5.36. The first kappa shape index (κ1) is 21.0. The summed E-state index contributed by atoms with van der Waals surface area (Å²) in [6, 6.07) is 1.01. The molecule has 3 heterocycles. The number of carbonyl (C=O) groups excluding carboxylic acids is 1. The van der Waals surface area contributed by atoms with Crippen molar-refractivity contribution in [2.75, 3.05) is 66.6 Å². The minimum absolute atomic E-state index is 0.0635. The fourth-order valence-corrected chi connectivity index (χ4v) is 5.21. The van der Waals surface area contributed by atoms with Crippen molar-refractivity contribution >= 4 is 5.91 Å². The Labute approximate surface area is 165 Å². The van der Waals surface area contributed by atoms with Gasteiger partial charge in [0.25, 0.3) is 0 Å². The Balaban J connectivity index is 1.35. The lowest BCUT2D eigenvalue weighted by molar-refractivity contribution is -0.129. The highest BCUT2D eigenvalue weighted by Crippen LogP contribution is 2.23. The third-order valence-corrected chi connectivity index (χ3v) is 6.92. The number of amides is 1. The summed E-state index contributed by atoms with van der Waals surface area (Å²) in [6.07, 6.45) is 8.83. The molecule has 0 aromatic rings. The van der Waals surface area contributed by atoms with E-state index in [0.717, 1.165) is 38.5 Å². The van der Waals surface area contributed by atoms with E-state index in [4.69, 9.17) is 4.74 Å². The average Bonchev–Trinajstić information content (AvgIpc) is 2.71. The maximum absolute atomic E-state index is 12.7. The Hall–Kier alpha value is -0.690. The first-order chi connectivity index (χ1) is 13.2. The van der Waals surface area contributed by atoms with Crippen LogP contribution in [0.4, 0.5) is 0 Å². The molecule has 0 aliphatic carbocycles. The van der Waals surface area contributed by atoms with Crippen LogP contribution in [0.5, 0.6) is 0 Å². The Morgan fingerprint density at radius 1 is 1.00 bits per heavy atom. The van der Waals surface area contributed by atoms with Crippen LogP contribution in [-0.4, -0.2) is 99.3 Å². The van der Waals surface area contributed by atoms with Crippen molar-refractivity contribution in [1.82, 2.24) is 20.0 Å². The molecule has 0 saturated carbocycles. The quantitative estimate of drug-likeness (QED) is 0.724. The molecule has 3 aliphatic heterocycles. The van der Waals surface area contributed by atoms with Crippen LogP contribution < -0.4 is 5.32 Å². The zero-order chi connectivity index (χ0) is 19.1. The van der Waals surface area contributed by atoms with Gasteiger partial charge in [0.15, 0.2) is 0 Å². The first-order valence-corrected chi connectivity index (χ1v) is 11.1. The normalized spacial score (nSPS) is 29.7. The molecule has 2 atom stereocenters. The number of hydrogen-bond donors (Lipinski definition) is 1. The van der Waals surface area contributed by atoms with E-state index >= 15 is 0 Å². The van der Waals surface area contributed by atoms with Crippen molar-refractivity contribution in [2.45, 2.75) is 57.0 Å². The molecule has 0 aromatic carbocycles. The number of nitrogens with one attached hydrogen (secondary N) is 1. The number of likely N-dealkylation sites (tertiary alicyclic amines) is 3. The van der Waals surface area contributed by atoms with Gasteiger partial charge in [-0.3, -0.25) is 4.79 Å². The van der Waals surface area contributed by atoms with E-state index in [1.165, 1.54) is 58.3 Å². The van der Waals surface area contributed by atoms with Crippen molar-refractivity contribution in [3.63, 3.8) is 0 Å². The fraction of sp³-hybridized carbons (Fsp3) is 0.952. The predicted octanol–water partition coefficient (Wildman–Crippen LogP) is 1.41. The molecule has 0 radical (unpaired) electrons. The average molecular weight is 381 g/mol. The molecule has 6 heteroatoms. The number of hydrogen-bond acceptors (Lipinski definition) is 5. The van der Waals surface area contributed by atoms with Crippen molar-refractivity contribution in [3.8, 4) is 0 Å². The van der Waals surface area contributed by atoms with Crippen LogP contribution in [0.3, 0.4) is 0 Å². The van der Waals surface area contributed by atoms with Crippen molar-refractivity contribution in [3.05, 3.63) is 0 Å². The molecule has 3 saturated heterocycles. The van der Waals surface area contributed by atoms with E-state index in [2.05, 4.69) is 27.1 Å². The van der Waals surface area contributed by atoms with Crippen molar-refractivity contribution < 1.29 is 9.53 Å². The highest BCUT2D eigenvalue weighted by molar-refractivity contribution is 5.79. The molecule has 0 aromatic heterocycles. The maximum atomic E-state index is 12.7. The zero-order valence-electron chi connectivity index (χ0n) is 17.5. The molecule has 3 aliphatic rings. The summed E-state index contributed by atoms with van der Waals surface area (Å²) in [5.41, 5.74) is 0. The number of rotatable bonds is 7. The van der Waals surface area contributed by atoms with Gasteiger partial charge < -0.3 is 24.8 Å². The van der Waals surface area contributed by atoms with Crippen LogP contribution in [0, 0.1) is 5.92 Å². The van der Waals surface area contributed by atoms with Gasteiger partial charge >= 0.3 is 0 Å². The van der Waals surface area contributed by atoms with E-state index in [9.17, 15) is 4.79 Å². The van der Waals surface area contributed by atoms with Gasteiger partial charge in [-0.2, -0.15) is 0 Å². The molecule has 27 heavy (non-hydrogen) atoms. The molecule has 0 bridgehead atoms. The first-order valence-electron chi connectivity index (χ1n) is 11.1. The summed E-state index contributed by atoms with van der Waals surface area (Å²) >= 11 is 0. The minimum atomic E-state index is 0.0635. The van der Waals surface area contributed by atoms with Gasteiger partial charge in [0, 0.05) is 32.3 Å². The number of nitrogens with zero attached hydrogens (tertiary/aromatic N) is 3. The summed E-state index contributed by atoms with van der Waals surface area (Å²) in [7, 11) is 3.83. The number of likely N-dealkylation sites (N-methyl/N-ethyl adjacent to an activating group) is 1. The number of methoxy groups -OCH3 is 1. The second kappa shape index (κ2) is 10.7. The second-order valence-electron chi connectivity index (χ2n) is 8.71. The Bertz CT molecular complexity index is 447. The SMILES string of the molecule is COC[C@@H]1[C@H](C(=O)NCCN2CCC(N3CCCCC3)CC2)CCCN1C. The largest absolute Gasteiger partial charge is 0.383 e. The standard InChI is InChI=1S/C21H40N4O2/c1-23-11-6-7-19(20(23)17-27-2)21(26)22-10-16-24-14-8-18(9-15-24)25-12-4-3-5-13-25/h18-20H,3-17H2,1-2H3,(H,22,26)/t19-,20-/m1/s1. The molecule has 1 amide bonds. The summed E-state index contributed by atoms with van der Waals surface area (Å²) in [5.74, 6) is 0.278. The number of ether oxygens (including phenoxy) is 1. The van der Waals surface area contributed by atoms with Crippen LogP contribution in [-0.2, 0) is 9.53 Å². The maximum Gasteiger partial charge on any atom is 0.224 e. The van der Waals surface area contributed by atoms with E-state index < -0.39 is 0 Å². The molecular formula is C21H40N4O2. The van der Waals surface area contributed by atoms with Crippen molar-refractivity contribution in [2.24, 2.45) is 5.92 Å². The Morgan fingerprint density at radius 2 is 1.74 bits per heavy atom. The molecule has 6 nitrogen and oxygen atoms in total. The third-order valence-electron chi connectivity index (χ3n) is 6.92. The Morgan fingerprint density at radius 3 is 2.44 bits per heavy atom. The van der Waals surface area contributed by atoms with Crippen LogP contribution in [0.1, 0.15) is 44.9 Å². The molecule has 0 unspecified atom stereocenters. The molecule has 1 N–H and O–H groups in total. The smallest absolute Gasteiger partial charge is 0.224 e. The second-order valence-corrected chi connectivity index (χ2v) is 8.71. The molecule has 3 rings (SSSR count). The van der Waals surface area contributed by atoms with E-state index in [0.29, 0.717) is 6.61 Å². The van der Waals surface area contributed by atoms with Gasteiger partial charge in [-0.25, -0.2) is 0 Å². The Kier molecular flexibility index (Phi) is 8.37. The van der Waals surface area contributed by atoms with Crippen molar-refractivity contribution in [1.29, 1.82) is 0 Å². The molecular weight excluding hydrogens is 340 g/mol. The van der Waals surface area contributed by atoms with Gasteiger partial charge in [-0.05, 0) is 78.3 Å². The van der Waals surface area contributed by atoms with E-state index in [-0.39, 0.29) is 17.9 Å². The number of piperidine rings is 3. The number of carbonyl (C=O) groups is 1. The molecule has 0 spiro atoms. The lowest BCUT2D eigenvalue weighted by atomic mass is 9.89. The monoisotopic (exact) mass is 380 g/mol. The molecule has 156 valence electrons. The lowest BCUT2D eigenvalue weighted by Gasteiger charge is -2.40. The van der Waals surface area contributed by atoms with E-state index in [1.54, 1.807) is 7.11 Å². The summed E-state index contributed by atoms with van der Waals surface area (Å²) in [5, 5.41) is 3.21. The third kappa shape index (κ3) is 5.89.